The first kappa shape index (κ1) is 35.5. The second-order valence-electron chi connectivity index (χ2n) is 11.4. The van der Waals surface area contributed by atoms with Crippen molar-refractivity contribution in [3.05, 3.63) is 142 Å². The lowest BCUT2D eigenvalue weighted by Crippen LogP contribution is -2.46. The molecule has 0 aliphatic heterocycles. The molecule has 4 amide bonds. The van der Waals surface area contributed by atoms with Crippen LogP contribution in [0.1, 0.15) is 44.7 Å². The maximum atomic E-state index is 13.9. The minimum atomic E-state index is -0.749. The summed E-state index contributed by atoms with van der Waals surface area (Å²) >= 11 is 6.04. The molecule has 0 bridgehead atoms. The van der Waals surface area contributed by atoms with Gasteiger partial charge in [0.05, 0.1) is 11.1 Å². The summed E-state index contributed by atoms with van der Waals surface area (Å²) in [5.74, 6) is -0.746. The van der Waals surface area contributed by atoms with Gasteiger partial charge in [-0.1, -0.05) is 90.5 Å². The largest absolute Gasteiger partial charge is 0.447 e. The van der Waals surface area contributed by atoms with Crippen molar-refractivity contribution in [3.8, 4) is 0 Å². The third-order valence-corrected chi connectivity index (χ3v) is 8.47. The van der Waals surface area contributed by atoms with Crippen molar-refractivity contribution in [1.82, 2.24) is 20.5 Å². The van der Waals surface area contributed by atoms with Gasteiger partial charge in [-0.25, -0.2) is 19.0 Å². The molecule has 12 heteroatoms. The topological polar surface area (TPSA) is 130 Å². The summed E-state index contributed by atoms with van der Waals surface area (Å²) in [6.45, 7) is 0.0871. The number of benzene rings is 4. The number of carbonyl (C=O) groups excluding carboxylic acids is 4. The van der Waals surface area contributed by atoms with Crippen LogP contribution in [0.5, 0.6) is 0 Å². The fraction of sp³-hybridized carbons (Fsp3) is 0.184. The molecule has 1 heterocycles. The molecule has 5 aromatic rings. The summed E-state index contributed by atoms with van der Waals surface area (Å²) in [6, 6.07) is 27.8. The molecule has 5 rings (SSSR count). The molecular formula is C38H35ClFN5O5. The van der Waals surface area contributed by atoms with Gasteiger partial charge in [0.25, 0.3) is 5.91 Å². The molecule has 0 aliphatic carbocycles. The molecule has 0 fully saturated rings. The Kier molecular flexibility index (Phi) is 12.1. The lowest BCUT2D eigenvalue weighted by atomic mass is 10.0. The minimum absolute atomic E-state index is 0.0206. The van der Waals surface area contributed by atoms with Crippen LogP contribution in [0, 0.1) is 5.82 Å². The summed E-state index contributed by atoms with van der Waals surface area (Å²) < 4.78 is 19.4. The fourth-order valence-electron chi connectivity index (χ4n) is 5.17. The van der Waals surface area contributed by atoms with Crippen molar-refractivity contribution in [2.45, 2.75) is 25.4 Å². The number of nitrogens with zero attached hydrogens (tertiary/aromatic N) is 2. The van der Waals surface area contributed by atoms with Crippen LogP contribution in [0.25, 0.3) is 10.8 Å². The van der Waals surface area contributed by atoms with Crippen LogP contribution in [0.3, 0.4) is 0 Å². The van der Waals surface area contributed by atoms with Crippen LogP contribution >= 0.6 is 11.6 Å². The molecule has 4 aromatic carbocycles. The number of ketones is 1. The SMILES string of the molecule is CN(C(=O)NCc1cccc(F)c1Cl)[C@@H](CCCNC(=O)c1ccc(C(=O)c2ccccc2)cc1)COC(=O)Nc1cc2ccccc2cn1. The van der Waals surface area contributed by atoms with Crippen molar-refractivity contribution >= 4 is 52.0 Å². The highest BCUT2D eigenvalue weighted by atomic mass is 35.5. The standard InChI is InChI=1S/C38H35ClFN5O5/c1-45(37(48)43-23-30-13-7-15-32(40)34(30)39)31(24-50-38(49)44-33-21-28-11-5-6-12-29(28)22-42-33)14-8-20-41-36(47)27-18-16-26(17-19-27)35(46)25-9-3-2-4-10-25/h2-7,9-13,15-19,21-22,31H,8,14,20,23-24H2,1H3,(H,41,47)(H,43,48)(H,42,44,49)/t31-/m0/s1. The summed E-state index contributed by atoms with van der Waals surface area (Å²) in [5, 5.41) is 9.92. The summed E-state index contributed by atoms with van der Waals surface area (Å²) in [6.07, 6.45) is 1.69. The summed E-state index contributed by atoms with van der Waals surface area (Å²) in [5.41, 5.74) is 1.82. The van der Waals surface area contributed by atoms with E-state index in [2.05, 4.69) is 20.9 Å². The van der Waals surface area contributed by atoms with Gasteiger partial charge in [0.2, 0.25) is 0 Å². The molecule has 10 nitrogen and oxygen atoms in total. The number of hydrogen-bond donors (Lipinski definition) is 3. The maximum Gasteiger partial charge on any atom is 0.412 e. The van der Waals surface area contributed by atoms with E-state index in [-0.39, 0.29) is 36.4 Å². The van der Waals surface area contributed by atoms with Gasteiger partial charge < -0.3 is 20.3 Å². The summed E-state index contributed by atoms with van der Waals surface area (Å²) in [4.78, 5) is 57.0. The number of nitrogens with one attached hydrogen (secondary N) is 3. The number of urea groups is 1. The van der Waals surface area contributed by atoms with Gasteiger partial charge in [-0.15, -0.1) is 0 Å². The quantitative estimate of drug-likeness (QED) is 0.0881. The van der Waals surface area contributed by atoms with Crippen molar-refractivity contribution < 1.29 is 28.3 Å². The van der Waals surface area contributed by atoms with Crippen molar-refractivity contribution in [2.24, 2.45) is 0 Å². The number of anilines is 1. The van der Waals surface area contributed by atoms with Gasteiger partial charge >= 0.3 is 12.1 Å². The van der Waals surface area contributed by atoms with Gasteiger partial charge in [0, 0.05) is 48.4 Å². The number of hydrogen-bond acceptors (Lipinski definition) is 6. The normalized spacial score (nSPS) is 11.3. The number of amides is 4. The molecule has 1 atom stereocenters. The predicted molar refractivity (Wildman–Crippen MR) is 190 cm³/mol. The van der Waals surface area contributed by atoms with Crippen LogP contribution in [0.15, 0.2) is 109 Å². The Labute approximate surface area is 293 Å². The van der Waals surface area contributed by atoms with Gasteiger partial charge in [-0.3, -0.25) is 14.9 Å². The first-order valence-electron chi connectivity index (χ1n) is 15.9. The lowest BCUT2D eigenvalue weighted by molar-refractivity contribution is 0.0946. The second-order valence-corrected chi connectivity index (χ2v) is 11.8. The molecule has 0 aliphatic rings. The van der Waals surface area contributed by atoms with E-state index in [0.29, 0.717) is 40.9 Å². The first-order chi connectivity index (χ1) is 24.2. The van der Waals surface area contributed by atoms with E-state index in [1.54, 1.807) is 73.9 Å². The first-order valence-corrected chi connectivity index (χ1v) is 16.3. The number of ether oxygens (including phenoxy) is 1. The van der Waals surface area contributed by atoms with Crippen LogP contribution in [0.4, 0.5) is 19.8 Å². The number of rotatable bonds is 13. The number of likely N-dealkylation sites (N-methyl/N-ethyl adjacent to an activating group) is 1. The third-order valence-electron chi connectivity index (χ3n) is 8.04. The maximum absolute atomic E-state index is 13.9. The molecule has 0 saturated heterocycles. The highest BCUT2D eigenvalue weighted by Crippen LogP contribution is 2.20. The highest BCUT2D eigenvalue weighted by Gasteiger charge is 2.22. The molecule has 3 N–H and O–H groups in total. The Morgan fingerprint density at radius 1 is 0.840 bits per heavy atom. The Morgan fingerprint density at radius 3 is 2.28 bits per heavy atom. The van der Waals surface area contributed by atoms with E-state index in [4.69, 9.17) is 16.3 Å². The average Bonchev–Trinajstić information content (AvgIpc) is 3.14. The monoisotopic (exact) mass is 695 g/mol. The molecule has 0 saturated carbocycles. The second kappa shape index (κ2) is 17.0. The zero-order valence-electron chi connectivity index (χ0n) is 27.2. The van der Waals surface area contributed by atoms with Gasteiger partial charge in [0.15, 0.2) is 5.78 Å². The Bertz CT molecular complexity index is 1980. The van der Waals surface area contributed by atoms with Crippen molar-refractivity contribution in [3.63, 3.8) is 0 Å². The van der Waals surface area contributed by atoms with Crippen molar-refractivity contribution in [1.29, 1.82) is 0 Å². The fourth-order valence-corrected chi connectivity index (χ4v) is 5.36. The van der Waals surface area contributed by atoms with Crippen LogP contribution in [-0.4, -0.2) is 59.9 Å². The molecule has 256 valence electrons. The minimum Gasteiger partial charge on any atom is -0.447 e. The van der Waals surface area contributed by atoms with Crippen molar-refractivity contribution in [2.75, 3.05) is 25.5 Å². The third kappa shape index (κ3) is 9.42. The number of fused-ring (bicyclic) bond motifs is 1. The zero-order valence-corrected chi connectivity index (χ0v) is 28.0. The number of halogens is 2. The smallest absolute Gasteiger partial charge is 0.412 e. The molecule has 0 unspecified atom stereocenters. The highest BCUT2D eigenvalue weighted by molar-refractivity contribution is 6.31. The van der Waals surface area contributed by atoms with Crippen LogP contribution < -0.4 is 16.0 Å². The zero-order chi connectivity index (χ0) is 35.5. The molecule has 0 spiro atoms. The summed E-state index contributed by atoms with van der Waals surface area (Å²) in [7, 11) is 1.55. The molecule has 50 heavy (non-hydrogen) atoms. The molecular weight excluding hydrogens is 661 g/mol. The lowest BCUT2D eigenvalue weighted by Gasteiger charge is -2.28. The number of carbonyl (C=O) groups is 4. The Hall–Kier alpha value is -5.81. The Morgan fingerprint density at radius 2 is 1.52 bits per heavy atom. The average molecular weight is 696 g/mol. The number of aromatic nitrogens is 1. The van der Waals surface area contributed by atoms with Crippen LogP contribution in [-0.2, 0) is 11.3 Å². The molecule has 1 aromatic heterocycles. The van der Waals surface area contributed by atoms with E-state index >= 15 is 0 Å². The Balaban J connectivity index is 1.17. The van der Waals surface area contributed by atoms with E-state index in [1.165, 1.54) is 17.0 Å². The van der Waals surface area contributed by atoms with E-state index < -0.39 is 24.0 Å². The van der Waals surface area contributed by atoms with E-state index in [9.17, 15) is 23.6 Å². The predicted octanol–water partition coefficient (Wildman–Crippen LogP) is 7.23. The van der Waals surface area contributed by atoms with Crippen LogP contribution in [0.2, 0.25) is 5.02 Å². The van der Waals surface area contributed by atoms with Gasteiger partial charge in [-0.05, 0) is 48.1 Å². The van der Waals surface area contributed by atoms with Gasteiger partial charge in [-0.2, -0.15) is 0 Å². The number of pyridine rings is 1. The van der Waals surface area contributed by atoms with Gasteiger partial charge in [0.1, 0.15) is 18.2 Å². The van der Waals surface area contributed by atoms with E-state index in [0.717, 1.165) is 10.8 Å². The molecule has 0 radical (unpaired) electrons. The van der Waals surface area contributed by atoms with E-state index in [1.807, 2.05) is 30.3 Å².